The minimum atomic E-state index is -5.90. The Bertz CT molecular complexity index is 614. The number of benzene rings is 1. The molecule has 4 nitrogen and oxygen atoms in total. The first kappa shape index (κ1) is 17.3. The summed E-state index contributed by atoms with van der Waals surface area (Å²) in [4.78, 5) is -0.624. The Morgan fingerprint density at radius 3 is 1.81 bits per heavy atom. The number of halogens is 6. The number of hydrogen-bond acceptors (Lipinski definition) is 4. The molecule has 1 rings (SSSR count). The molecule has 0 aliphatic carbocycles. The first-order chi connectivity index (χ1) is 9.34. The third kappa shape index (κ3) is 4.62. The largest absolute Gasteiger partial charge is 0.441 e. The second kappa shape index (κ2) is 5.54. The standard InChI is InChI=1S/C10H7F6NO3S/c1-6-2-4-7(5-3-6)21(18,19)20-17-8(9(11,12)13)10(14,15)16/h2-5H,1H3. The number of alkyl halides is 6. The minimum absolute atomic E-state index is 0.624. The molecule has 11 heteroatoms. The molecule has 0 aliphatic heterocycles. The fourth-order valence-electron chi connectivity index (χ4n) is 1.10. The molecule has 0 aliphatic rings. The van der Waals surface area contributed by atoms with Crippen molar-refractivity contribution in [2.24, 2.45) is 5.16 Å². The van der Waals surface area contributed by atoms with E-state index in [0.29, 0.717) is 5.56 Å². The maximum atomic E-state index is 12.1. The molecule has 1 aromatic carbocycles. The highest BCUT2D eigenvalue weighted by Gasteiger charge is 2.54. The van der Waals surface area contributed by atoms with Crippen LogP contribution in [0.4, 0.5) is 26.3 Å². The van der Waals surface area contributed by atoms with Gasteiger partial charge in [0.25, 0.3) is 5.71 Å². The van der Waals surface area contributed by atoms with Crippen LogP contribution in [0.5, 0.6) is 0 Å². The number of nitrogens with zero attached hydrogens (tertiary/aromatic N) is 1. The summed E-state index contributed by atoms with van der Waals surface area (Å²) in [6, 6.07) is 4.49. The highest BCUT2D eigenvalue weighted by Crippen LogP contribution is 2.30. The van der Waals surface area contributed by atoms with Crippen molar-refractivity contribution in [1.29, 1.82) is 0 Å². The van der Waals surface area contributed by atoms with Gasteiger partial charge in [0.15, 0.2) is 0 Å². The van der Waals surface area contributed by atoms with E-state index in [2.05, 4.69) is 4.28 Å². The highest BCUT2D eigenvalue weighted by atomic mass is 32.2. The Morgan fingerprint density at radius 1 is 1.00 bits per heavy atom. The predicted molar refractivity (Wildman–Crippen MR) is 59.0 cm³/mol. The lowest BCUT2D eigenvalue weighted by molar-refractivity contribution is -0.120. The van der Waals surface area contributed by atoms with Crippen LogP contribution < -0.4 is 0 Å². The highest BCUT2D eigenvalue weighted by molar-refractivity contribution is 7.86. The Balaban J connectivity index is 3.13. The zero-order chi connectivity index (χ0) is 16.5. The van der Waals surface area contributed by atoms with Crippen LogP contribution in [-0.2, 0) is 14.4 Å². The molecule has 118 valence electrons. The lowest BCUT2D eigenvalue weighted by atomic mass is 10.2. The second-order valence-corrected chi connectivity index (χ2v) is 5.31. The Kier molecular flexibility index (Phi) is 4.56. The molecule has 0 saturated heterocycles. The van der Waals surface area contributed by atoms with Crippen molar-refractivity contribution < 1.29 is 39.0 Å². The number of hydrogen-bond donors (Lipinski definition) is 0. The topological polar surface area (TPSA) is 55.7 Å². The van der Waals surface area contributed by atoms with Crippen LogP contribution in [0, 0.1) is 6.92 Å². The van der Waals surface area contributed by atoms with Gasteiger partial charge in [0.1, 0.15) is 4.90 Å². The number of rotatable bonds is 3. The predicted octanol–water partition coefficient (Wildman–Crippen LogP) is 3.18. The second-order valence-electron chi connectivity index (χ2n) is 3.78. The molecule has 0 aromatic heterocycles. The van der Waals surface area contributed by atoms with E-state index < -0.39 is 33.1 Å². The van der Waals surface area contributed by atoms with Gasteiger partial charge in [-0.2, -0.15) is 34.8 Å². The molecule has 0 unspecified atom stereocenters. The van der Waals surface area contributed by atoms with Crippen LogP contribution in [0.1, 0.15) is 5.56 Å². The van der Waals surface area contributed by atoms with E-state index in [0.717, 1.165) is 12.1 Å². The summed E-state index contributed by atoms with van der Waals surface area (Å²) in [5.74, 6) is 0. The van der Waals surface area contributed by atoms with E-state index in [4.69, 9.17) is 0 Å². The van der Waals surface area contributed by atoms with E-state index in [1.807, 2.05) is 0 Å². The van der Waals surface area contributed by atoms with Gasteiger partial charge < -0.3 is 0 Å². The third-order valence-corrected chi connectivity index (χ3v) is 3.19. The molecule has 21 heavy (non-hydrogen) atoms. The summed E-state index contributed by atoms with van der Waals surface area (Å²) in [6.07, 6.45) is -11.8. The van der Waals surface area contributed by atoms with Crippen LogP contribution in [0.2, 0.25) is 0 Å². The van der Waals surface area contributed by atoms with Gasteiger partial charge in [-0.1, -0.05) is 22.9 Å². The maximum absolute atomic E-state index is 12.1. The molecular weight excluding hydrogens is 328 g/mol. The molecule has 0 spiro atoms. The summed E-state index contributed by atoms with van der Waals surface area (Å²) in [5.41, 5.74) is -2.67. The van der Waals surface area contributed by atoms with Crippen molar-refractivity contribution in [2.45, 2.75) is 24.2 Å². The minimum Gasteiger partial charge on any atom is -0.264 e. The molecule has 1 aromatic rings. The van der Waals surface area contributed by atoms with Gasteiger partial charge >= 0.3 is 22.5 Å². The lowest BCUT2D eigenvalue weighted by Crippen LogP contribution is -2.37. The van der Waals surface area contributed by atoms with Gasteiger partial charge in [-0.25, -0.2) is 0 Å². The van der Waals surface area contributed by atoms with E-state index in [1.54, 1.807) is 12.1 Å². The summed E-state index contributed by atoms with van der Waals surface area (Å²) in [7, 11) is -4.88. The van der Waals surface area contributed by atoms with Gasteiger partial charge in [0.2, 0.25) is 0 Å². The Labute approximate surface area is 115 Å². The third-order valence-electron chi connectivity index (χ3n) is 2.07. The maximum Gasteiger partial charge on any atom is 0.441 e. The Morgan fingerprint density at radius 2 is 1.43 bits per heavy atom. The molecular formula is C10H7F6NO3S. The summed E-state index contributed by atoms with van der Waals surface area (Å²) in [6.45, 7) is 1.60. The molecule has 0 bridgehead atoms. The van der Waals surface area contributed by atoms with Crippen molar-refractivity contribution in [1.82, 2.24) is 0 Å². The van der Waals surface area contributed by atoms with Gasteiger partial charge in [0.05, 0.1) is 0 Å². The van der Waals surface area contributed by atoms with Crippen molar-refractivity contribution >= 4 is 15.8 Å². The smallest absolute Gasteiger partial charge is 0.264 e. The molecule has 0 heterocycles. The van der Waals surface area contributed by atoms with Crippen LogP contribution >= 0.6 is 0 Å². The van der Waals surface area contributed by atoms with Gasteiger partial charge in [-0.3, -0.25) is 4.28 Å². The zero-order valence-electron chi connectivity index (χ0n) is 10.2. The molecule has 0 radical (unpaired) electrons. The van der Waals surface area contributed by atoms with E-state index in [9.17, 15) is 34.8 Å². The van der Waals surface area contributed by atoms with E-state index >= 15 is 0 Å². The van der Waals surface area contributed by atoms with Crippen LogP contribution in [0.15, 0.2) is 34.3 Å². The molecule has 0 fully saturated rings. The van der Waals surface area contributed by atoms with E-state index in [1.165, 1.54) is 12.1 Å². The van der Waals surface area contributed by atoms with Gasteiger partial charge in [-0.15, -0.1) is 0 Å². The molecule has 0 N–H and O–H groups in total. The Hall–Kier alpha value is -1.78. The first-order valence-corrected chi connectivity index (χ1v) is 6.47. The molecule has 0 amide bonds. The average Bonchev–Trinajstić information content (AvgIpc) is 2.25. The fourth-order valence-corrected chi connectivity index (χ4v) is 1.83. The number of aryl methyl sites for hydroxylation is 1. The van der Waals surface area contributed by atoms with Gasteiger partial charge in [-0.05, 0) is 19.1 Å². The fraction of sp³-hybridized carbons (Fsp3) is 0.300. The normalized spacial score (nSPS) is 12.9. The number of oxime groups is 1. The zero-order valence-corrected chi connectivity index (χ0v) is 11.0. The summed E-state index contributed by atoms with van der Waals surface area (Å²) in [5, 5.41) is 1.72. The van der Waals surface area contributed by atoms with E-state index in [-0.39, 0.29) is 0 Å². The van der Waals surface area contributed by atoms with Crippen LogP contribution in [0.25, 0.3) is 0 Å². The summed E-state index contributed by atoms with van der Waals surface area (Å²) >= 11 is 0. The molecule has 0 saturated carbocycles. The quantitative estimate of drug-likeness (QED) is 0.484. The van der Waals surface area contributed by atoms with Gasteiger partial charge in [0, 0.05) is 0 Å². The summed E-state index contributed by atoms with van der Waals surface area (Å²) < 4.78 is 99.1. The SMILES string of the molecule is Cc1ccc(S(=O)(=O)ON=C(C(F)(F)F)C(F)(F)F)cc1. The van der Waals surface area contributed by atoms with Crippen molar-refractivity contribution in [3.63, 3.8) is 0 Å². The first-order valence-electron chi connectivity index (χ1n) is 5.07. The monoisotopic (exact) mass is 335 g/mol. The van der Waals surface area contributed by atoms with Crippen LogP contribution in [-0.4, -0.2) is 26.5 Å². The van der Waals surface area contributed by atoms with Crippen molar-refractivity contribution in [2.75, 3.05) is 0 Å². The van der Waals surface area contributed by atoms with Crippen molar-refractivity contribution in [3.8, 4) is 0 Å². The lowest BCUT2D eigenvalue weighted by Gasteiger charge is -2.12. The molecule has 0 atom stereocenters. The average molecular weight is 335 g/mol. The van der Waals surface area contributed by atoms with Crippen molar-refractivity contribution in [3.05, 3.63) is 29.8 Å². The van der Waals surface area contributed by atoms with Crippen LogP contribution in [0.3, 0.4) is 0 Å².